The van der Waals surface area contributed by atoms with Crippen molar-refractivity contribution in [1.29, 1.82) is 5.26 Å². The number of carbonyl (C=O) groups is 1. The first-order valence-corrected chi connectivity index (χ1v) is 9.45. The van der Waals surface area contributed by atoms with Gasteiger partial charge in [0.2, 0.25) is 0 Å². The molecule has 2 saturated heterocycles. The van der Waals surface area contributed by atoms with Gasteiger partial charge in [-0.05, 0) is 12.1 Å². The molecule has 27 heavy (non-hydrogen) atoms. The van der Waals surface area contributed by atoms with Crippen molar-refractivity contribution >= 4 is 11.7 Å². The van der Waals surface area contributed by atoms with E-state index in [1.54, 1.807) is 17.3 Å². The number of pyridine rings is 1. The molecule has 3 heterocycles. The van der Waals surface area contributed by atoms with Crippen LogP contribution >= 0.6 is 0 Å². The van der Waals surface area contributed by atoms with E-state index < -0.39 is 0 Å². The van der Waals surface area contributed by atoms with Crippen LogP contribution in [0.4, 0.5) is 5.82 Å². The molecule has 0 unspecified atom stereocenters. The van der Waals surface area contributed by atoms with Crippen LogP contribution < -0.4 is 10.6 Å². The van der Waals surface area contributed by atoms with Crippen LogP contribution in [0, 0.1) is 11.3 Å². The quantitative estimate of drug-likeness (QED) is 0.563. The Morgan fingerprint density at radius 3 is 2.48 bits per heavy atom. The molecule has 3 rings (SSSR count). The number of hydrogen-bond acceptors (Lipinski definition) is 7. The van der Waals surface area contributed by atoms with Crippen molar-refractivity contribution in [3.63, 3.8) is 0 Å². The molecule has 0 spiro atoms. The fraction of sp³-hybridized carbons (Fsp3) is 0.526. The molecule has 2 fully saturated rings. The van der Waals surface area contributed by atoms with E-state index in [1.807, 2.05) is 18.2 Å². The van der Waals surface area contributed by atoms with Crippen LogP contribution in [0.25, 0.3) is 0 Å². The molecular formula is C19H27N7O. The van der Waals surface area contributed by atoms with Crippen molar-refractivity contribution in [2.45, 2.75) is 0 Å². The van der Waals surface area contributed by atoms with Crippen molar-refractivity contribution in [2.24, 2.45) is 5.73 Å². The van der Waals surface area contributed by atoms with E-state index in [-0.39, 0.29) is 11.5 Å². The molecule has 0 aromatic carbocycles. The van der Waals surface area contributed by atoms with Gasteiger partial charge in [0.25, 0.3) is 5.91 Å². The van der Waals surface area contributed by atoms with Crippen LogP contribution in [-0.2, 0) is 4.79 Å². The first-order valence-electron chi connectivity index (χ1n) is 9.45. The zero-order valence-electron chi connectivity index (χ0n) is 15.6. The molecule has 0 saturated carbocycles. The number of hydrogen-bond donors (Lipinski definition) is 1. The Kier molecular flexibility index (Phi) is 6.63. The number of aromatic nitrogens is 1. The minimum absolute atomic E-state index is 0.169. The third-order valence-corrected chi connectivity index (χ3v) is 5.05. The van der Waals surface area contributed by atoms with Gasteiger partial charge in [-0.25, -0.2) is 4.98 Å². The Morgan fingerprint density at radius 2 is 1.89 bits per heavy atom. The normalized spacial score (nSPS) is 19.1. The van der Waals surface area contributed by atoms with E-state index in [9.17, 15) is 10.1 Å². The van der Waals surface area contributed by atoms with E-state index in [0.717, 1.165) is 51.6 Å². The molecule has 0 aliphatic carbocycles. The number of amides is 1. The van der Waals surface area contributed by atoms with Gasteiger partial charge in [0.15, 0.2) is 0 Å². The minimum Gasteiger partial charge on any atom is -0.373 e. The van der Waals surface area contributed by atoms with Crippen molar-refractivity contribution in [2.75, 3.05) is 70.3 Å². The summed E-state index contributed by atoms with van der Waals surface area (Å²) in [5.74, 6) is 0.796. The van der Waals surface area contributed by atoms with Gasteiger partial charge in [-0.1, -0.05) is 6.07 Å². The van der Waals surface area contributed by atoms with Gasteiger partial charge in [0.05, 0.1) is 0 Å². The van der Waals surface area contributed by atoms with Crippen molar-refractivity contribution in [3.8, 4) is 6.07 Å². The predicted octanol–water partition coefficient (Wildman–Crippen LogP) is -0.286. The smallest absolute Gasteiger partial charge is 0.266 e. The van der Waals surface area contributed by atoms with Gasteiger partial charge in [-0.2, -0.15) is 5.26 Å². The maximum absolute atomic E-state index is 12.7. The summed E-state index contributed by atoms with van der Waals surface area (Å²) in [6, 6.07) is 7.98. The van der Waals surface area contributed by atoms with Crippen molar-refractivity contribution in [1.82, 2.24) is 19.7 Å². The molecule has 2 aliphatic heterocycles. The monoisotopic (exact) mass is 369 g/mol. The molecular weight excluding hydrogens is 342 g/mol. The summed E-state index contributed by atoms with van der Waals surface area (Å²) in [6.45, 7) is 7.55. The fourth-order valence-electron chi connectivity index (χ4n) is 3.46. The second kappa shape index (κ2) is 9.35. The van der Waals surface area contributed by atoms with E-state index in [2.05, 4.69) is 25.8 Å². The van der Waals surface area contributed by atoms with Crippen LogP contribution in [0.5, 0.6) is 0 Å². The maximum Gasteiger partial charge on any atom is 0.266 e. The lowest BCUT2D eigenvalue weighted by molar-refractivity contribution is -0.128. The summed E-state index contributed by atoms with van der Waals surface area (Å²) in [4.78, 5) is 25.4. The summed E-state index contributed by atoms with van der Waals surface area (Å²) in [5, 5.41) is 9.48. The molecule has 1 amide bonds. The van der Waals surface area contributed by atoms with Gasteiger partial charge in [0.1, 0.15) is 17.5 Å². The number of carbonyl (C=O) groups excluding carboxylic acids is 1. The Labute approximate surface area is 160 Å². The zero-order chi connectivity index (χ0) is 19.1. The molecule has 0 bridgehead atoms. The first kappa shape index (κ1) is 19.1. The van der Waals surface area contributed by atoms with Crippen LogP contribution in [0.15, 0.2) is 36.2 Å². The molecule has 0 radical (unpaired) electrons. The molecule has 8 heteroatoms. The van der Waals surface area contributed by atoms with Crippen LogP contribution in [-0.4, -0.2) is 91.0 Å². The lowest BCUT2D eigenvalue weighted by Gasteiger charge is -2.36. The number of piperazine rings is 2. The van der Waals surface area contributed by atoms with Gasteiger partial charge in [0, 0.05) is 77.8 Å². The van der Waals surface area contributed by atoms with E-state index in [1.165, 1.54) is 0 Å². The highest BCUT2D eigenvalue weighted by Gasteiger charge is 2.24. The van der Waals surface area contributed by atoms with E-state index >= 15 is 0 Å². The summed E-state index contributed by atoms with van der Waals surface area (Å²) in [5.41, 5.74) is 5.80. The van der Waals surface area contributed by atoms with E-state index in [4.69, 9.17) is 5.73 Å². The Hall–Kier alpha value is -2.63. The lowest BCUT2D eigenvalue weighted by Crippen LogP contribution is -2.50. The minimum atomic E-state index is -0.169. The highest BCUT2D eigenvalue weighted by molar-refractivity contribution is 5.97. The summed E-state index contributed by atoms with van der Waals surface area (Å²) >= 11 is 0. The average Bonchev–Trinajstić information content (AvgIpc) is 2.73. The number of nitrogens with zero attached hydrogens (tertiary/aromatic N) is 6. The van der Waals surface area contributed by atoms with E-state index in [0.29, 0.717) is 19.6 Å². The topological polar surface area (TPSA) is 92.7 Å². The van der Waals surface area contributed by atoms with Crippen LogP contribution in [0.1, 0.15) is 0 Å². The molecule has 144 valence electrons. The molecule has 0 atom stereocenters. The first-order chi connectivity index (χ1) is 13.2. The summed E-state index contributed by atoms with van der Waals surface area (Å²) in [6.07, 6.45) is 3.52. The number of nitrogens with two attached hydrogens (primary N) is 1. The molecule has 8 nitrogen and oxygen atoms in total. The number of anilines is 1. The number of nitriles is 1. The highest BCUT2D eigenvalue weighted by atomic mass is 16.2. The Balaban J connectivity index is 1.54. The molecule has 2 N–H and O–H groups in total. The van der Waals surface area contributed by atoms with Gasteiger partial charge in [-0.3, -0.25) is 9.69 Å². The average molecular weight is 369 g/mol. The zero-order valence-corrected chi connectivity index (χ0v) is 15.6. The fourth-order valence-corrected chi connectivity index (χ4v) is 3.46. The second-order valence-electron chi connectivity index (χ2n) is 6.79. The largest absolute Gasteiger partial charge is 0.373 e. The highest BCUT2D eigenvalue weighted by Crippen LogP contribution is 2.14. The van der Waals surface area contributed by atoms with Crippen molar-refractivity contribution in [3.05, 3.63) is 36.2 Å². The summed E-state index contributed by atoms with van der Waals surface area (Å²) < 4.78 is 0. The standard InChI is InChI=1S/C19H27N7O/c20-4-6-23-7-13-26(14-8-23)19(27)17(15-21)16-24-9-11-25(12-10-24)18-3-1-2-5-22-18/h1-3,5,16H,4,6-14,20H2/b17-16-. The molecule has 1 aromatic rings. The van der Waals surface area contributed by atoms with Gasteiger partial charge in [-0.15, -0.1) is 0 Å². The van der Waals surface area contributed by atoms with Crippen molar-refractivity contribution < 1.29 is 4.79 Å². The third kappa shape index (κ3) is 4.96. The Bertz CT molecular complexity index is 684. The molecule has 2 aliphatic rings. The Morgan fingerprint density at radius 1 is 1.15 bits per heavy atom. The maximum atomic E-state index is 12.7. The SMILES string of the molecule is N#C/C(=C/N1CCN(c2ccccn2)CC1)C(=O)N1CCN(CCN)CC1. The number of rotatable bonds is 5. The molecule has 1 aromatic heterocycles. The third-order valence-electron chi connectivity index (χ3n) is 5.05. The second-order valence-corrected chi connectivity index (χ2v) is 6.79. The van der Waals surface area contributed by atoms with Crippen LogP contribution in [0.2, 0.25) is 0 Å². The predicted molar refractivity (Wildman–Crippen MR) is 104 cm³/mol. The van der Waals surface area contributed by atoms with Gasteiger partial charge >= 0.3 is 0 Å². The van der Waals surface area contributed by atoms with Crippen LogP contribution in [0.3, 0.4) is 0 Å². The lowest BCUT2D eigenvalue weighted by atomic mass is 10.2. The van der Waals surface area contributed by atoms with Gasteiger partial charge < -0.3 is 20.4 Å². The summed E-state index contributed by atoms with van der Waals surface area (Å²) in [7, 11) is 0.